The van der Waals surface area contributed by atoms with Gasteiger partial charge in [-0.15, -0.1) is 0 Å². The third kappa shape index (κ3) is 8.90. The normalized spacial score (nSPS) is 31.0. The van der Waals surface area contributed by atoms with Crippen molar-refractivity contribution in [3.63, 3.8) is 0 Å². The van der Waals surface area contributed by atoms with Crippen LogP contribution in [0.2, 0.25) is 0 Å². The van der Waals surface area contributed by atoms with Gasteiger partial charge in [0.25, 0.3) is 0 Å². The fourth-order valence-electron chi connectivity index (χ4n) is 12.9. The molecular formula is C56H65N6O11P. The standard InChI is InChI=1S/C56H65N6O11P/c1-32(2)46-39(56(46,9)71-50-47(60-22-10-13-43(60)63)36-25-33(28-57)16-19-40(36)68-53(50,3)4)31-67-74(66,72-51-48(61-23-11-14-44(61)64)37-26-34(29-58)17-20-41(37)69-54(51,5)6)73-52-49(62-24-12-15-45(62)65)38-27-35(30-59)18-21-42(38)70-55(52,7)8/h16-21,25-27,32,39,46-52H,10-15,22-24,31H2,1-9H3. The van der Waals surface area contributed by atoms with Gasteiger partial charge in [0.05, 0.1) is 65.2 Å². The number of hydrogen-bond donors (Lipinski definition) is 0. The molecule has 0 aromatic heterocycles. The first-order valence-corrected chi connectivity index (χ1v) is 27.4. The van der Waals surface area contributed by atoms with Crippen molar-refractivity contribution >= 4 is 25.5 Å². The summed E-state index contributed by atoms with van der Waals surface area (Å²) in [5.74, 6) is 0.529. The lowest BCUT2D eigenvalue weighted by molar-refractivity contribution is -0.171. The van der Waals surface area contributed by atoms with Gasteiger partial charge in [0.1, 0.15) is 52.4 Å². The highest BCUT2D eigenvalue weighted by molar-refractivity contribution is 7.48. The number of phosphoric ester groups is 1. The van der Waals surface area contributed by atoms with Gasteiger partial charge in [-0.25, -0.2) is 4.57 Å². The first kappa shape index (κ1) is 51.5. The molecule has 6 aliphatic heterocycles. The first-order valence-electron chi connectivity index (χ1n) is 25.9. The van der Waals surface area contributed by atoms with Crippen LogP contribution in [0.15, 0.2) is 54.6 Å². The average Bonchev–Trinajstić information content (AvgIpc) is 3.80. The summed E-state index contributed by atoms with van der Waals surface area (Å²) in [5.41, 5.74) is -1.72. The van der Waals surface area contributed by atoms with Crippen molar-refractivity contribution in [3.8, 4) is 35.5 Å². The van der Waals surface area contributed by atoms with Crippen LogP contribution in [-0.4, -0.2) is 99.4 Å². The number of ether oxygens (including phenoxy) is 4. The quantitative estimate of drug-likeness (QED) is 0.146. The highest BCUT2D eigenvalue weighted by atomic mass is 31.2. The van der Waals surface area contributed by atoms with Crippen LogP contribution in [0.5, 0.6) is 17.2 Å². The van der Waals surface area contributed by atoms with Crippen LogP contribution in [0, 0.1) is 51.7 Å². The van der Waals surface area contributed by atoms with E-state index in [9.17, 15) is 30.2 Å². The van der Waals surface area contributed by atoms with Gasteiger partial charge in [0.2, 0.25) is 17.7 Å². The number of phosphoric acid groups is 1. The van der Waals surface area contributed by atoms with Gasteiger partial charge in [-0.3, -0.25) is 28.0 Å². The molecule has 74 heavy (non-hydrogen) atoms. The van der Waals surface area contributed by atoms with E-state index >= 15 is 4.57 Å². The topological polar surface area (TPSA) is 214 Å². The van der Waals surface area contributed by atoms with Crippen molar-refractivity contribution < 1.29 is 51.5 Å². The van der Waals surface area contributed by atoms with Crippen molar-refractivity contribution in [3.05, 3.63) is 88.0 Å². The molecule has 17 nitrogen and oxygen atoms in total. The van der Waals surface area contributed by atoms with Crippen LogP contribution in [0.4, 0.5) is 0 Å². The number of amides is 3. The van der Waals surface area contributed by atoms with Gasteiger partial charge in [-0.05, 0) is 134 Å². The van der Waals surface area contributed by atoms with Gasteiger partial charge in [0, 0.05) is 61.5 Å². The number of nitriles is 3. The monoisotopic (exact) mass is 1030 g/mol. The minimum atomic E-state index is -4.99. The smallest absolute Gasteiger partial charge is 0.475 e. The van der Waals surface area contributed by atoms with Gasteiger partial charge in [-0.1, -0.05) is 13.8 Å². The summed E-state index contributed by atoms with van der Waals surface area (Å²) in [5, 5.41) is 30.2. The summed E-state index contributed by atoms with van der Waals surface area (Å²) >= 11 is 0. The van der Waals surface area contributed by atoms with Crippen LogP contribution in [0.3, 0.4) is 0 Å². The van der Waals surface area contributed by atoms with Crippen LogP contribution < -0.4 is 14.2 Å². The third-order valence-corrected chi connectivity index (χ3v) is 17.9. The minimum Gasteiger partial charge on any atom is -0.485 e. The number of fused-ring (bicyclic) bond motifs is 3. The molecule has 1 aliphatic carbocycles. The Kier molecular flexibility index (Phi) is 13.0. The lowest BCUT2D eigenvalue weighted by Gasteiger charge is -2.50. The van der Waals surface area contributed by atoms with Crippen LogP contribution in [0.1, 0.15) is 152 Å². The summed E-state index contributed by atoms with van der Waals surface area (Å²) in [4.78, 5) is 46.7. The molecule has 3 aromatic carbocycles. The number of rotatable bonds is 13. The van der Waals surface area contributed by atoms with Gasteiger partial charge in [-0.2, -0.15) is 15.8 Å². The van der Waals surface area contributed by atoms with E-state index < -0.39 is 72.6 Å². The van der Waals surface area contributed by atoms with E-state index in [1.807, 2.05) is 25.7 Å². The number of hydrogen-bond acceptors (Lipinski definition) is 14. The molecule has 0 bridgehead atoms. The molecule has 3 saturated heterocycles. The Bertz CT molecular complexity index is 2850. The summed E-state index contributed by atoms with van der Waals surface area (Å²) in [6, 6.07) is 19.5. The lowest BCUT2D eigenvalue weighted by atomic mass is 9.84. The van der Waals surface area contributed by atoms with Gasteiger partial charge < -0.3 is 33.6 Å². The van der Waals surface area contributed by atoms with Crippen molar-refractivity contribution in [1.29, 1.82) is 15.8 Å². The molecule has 6 heterocycles. The van der Waals surface area contributed by atoms with Crippen molar-refractivity contribution in [2.75, 3.05) is 26.2 Å². The maximum absolute atomic E-state index is 16.6. The maximum Gasteiger partial charge on any atom is 0.475 e. The Morgan fingerprint density at radius 2 is 0.946 bits per heavy atom. The molecule has 10 rings (SSSR count). The fourth-order valence-corrected chi connectivity index (χ4v) is 14.7. The summed E-state index contributed by atoms with van der Waals surface area (Å²) < 4.78 is 64.9. The maximum atomic E-state index is 16.6. The molecule has 0 spiro atoms. The van der Waals surface area contributed by atoms with E-state index in [2.05, 4.69) is 32.1 Å². The van der Waals surface area contributed by atoms with Crippen LogP contribution in [-0.2, 0) is 37.3 Å². The zero-order valence-corrected chi connectivity index (χ0v) is 44.5. The molecule has 3 amide bonds. The van der Waals surface area contributed by atoms with Gasteiger partial charge >= 0.3 is 7.82 Å². The van der Waals surface area contributed by atoms with Crippen molar-refractivity contribution in [2.24, 2.45) is 17.8 Å². The second-order valence-electron chi connectivity index (χ2n) is 23.0. The molecule has 0 N–H and O–H groups in total. The largest absolute Gasteiger partial charge is 0.485 e. The van der Waals surface area contributed by atoms with E-state index in [1.54, 1.807) is 92.1 Å². The third-order valence-electron chi connectivity index (χ3n) is 16.5. The Labute approximate surface area is 433 Å². The number of benzene rings is 3. The molecule has 9 unspecified atom stereocenters. The van der Waals surface area contributed by atoms with Crippen LogP contribution >= 0.6 is 7.82 Å². The van der Waals surface area contributed by atoms with E-state index in [0.717, 1.165) is 0 Å². The SMILES string of the molecule is CC(C)C1C(COP(=O)(OC2C(N3CCCC3=O)c3cc(C#N)ccc3OC2(C)C)OC2C(N3CCCC3=O)c3cc(C#N)ccc3OC2(C)C)C1(C)OC1C(N2CCCC2=O)c2cc(C#N)ccc2OC1(C)C. The minimum absolute atomic E-state index is 0.0101. The molecule has 9 atom stereocenters. The number of carbonyl (C=O) groups excluding carboxylic acids is 3. The second kappa shape index (κ2) is 18.7. The van der Waals surface area contributed by atoms with E-state index in [4.69, 9.17) is 32.5 Å². The Morgan fingerprint density at radius 1 is 0.595 bits per heavy atom. The number of likely N-dealkylation sites (tertiary alicyclic amines) is 3. The summed E-state index contributed by atoms with van der Waals surface area (Å²) in [6.07, 6.45) is -0.387. The molecule has 1 saturated carbocycles. The first-order chi connectivity index (χ1) is 35.0. The molecule has 0 radical (unpaired) electrons. The zero-order valence-electron chi connectivity index (χ0n) is 43.6. The second-order valence-corrected chi connectivity index (χ2v) is 24.6. The highest BCUT2D eigenvalue weighted by Gasteiger charge is 2.68. The highest BCUT2D eigenvalue weighted by Crippen LogP contribution is 2.65. The van der Waals surface area contributed by atoms with Crippen molar-refractivity contribution in [1.82, 2.24) is 14.7 Å². The fraction of sp³-hybridized carbons (Fsp3) is 0.571. The summed E-state index contributed by atoms with van der Waals surface area (Å²) in [7, 11) is -4.99. The molecule has 18 heteroatoms. The average molecular weight is 1030 g/mol. The van der Waals surface area contributed by atoms with Crippen LogP contribution in [0.25, 0.3) is 0 Å². The zero-order chi connectivity index (χ0) is 52.9. The van der Waals surface area contributed by atoms with E-state index in [1.165, 1.54) is 0 Å². The summed E-state index contributed by atoms with van der Waals surface area (Å²) in [6.45, 7) is 18.2. The Balaban J connectivity index is 1.06. The van der Waals surface area contributed by atoms with E-state index in [0.29, 0.717) is 95.9 Å². The van der Waals surface area contributed by atoms with Gasteiger partial charge in [0.15, 0.2) is 0 Å². The lowest BCUT2D eigenvalue weighted by Crippen LogP contribution is -2.56. The molecule has 390 valence electrons. The van der Waals surface area contributed by atoms with Crippen molar-refractivity contribution in [2.45, 2.75) is 160 Å². The Hall–Kier alpha value is -5.99. The number of carbonyl (C=O) groups is 3. The molecule has 4 fully saturated rings. The molecular weight excluding hydrogens is 964 g/mol. The predicted molar refractivity (Wildman–Crippen MR) is 267 cm³/mol. The molecule has 7 aliphatic rings. The van der Waals surface area contributed by atoms with E-state index in [-0.39, 0.29) is 49.0 Å². The number of nitrogens with zero attached hydrogens (tertiary/aromatic N) is 6. The Morgan fingerprint density at radius 3 is 1.27 bits per heavy atom. The predicted octanol–water partition coefficient (Wildman–Crippen LogP) is 9.15. The molecule has 3 aromatic rings.